The lowest BCUT2D eigenvalue weighted by Gasteiger charge is -2.60. The number of hydrogen-bond donors (Lipinski definition) is 4. The minimum atomic E-state index is -1.65. The first-order valence-corrected chi connectivity index (χ1v) is 13.4. The van der Waals surface area contributed by atoms with Gasteiger partial charge >= 0.3 is 0 Å². The van der Waals surface area contributed by atoms with Crippen molar-refractivity contribution in [2.75, 3.05) is 11.9 Å². The lowest BCUT2D eigenvalue weighted by atomic mass is 9.51. The van der Waals surface area contributed by atoms with Crippen molar-refractivity contribution in [3.05, 3.63) is 41.9 Å². The van der Waals surface area contributed by atoms with Gasteiger partial charge in [-0.25, -0.2) is 14.4 Å². The van der Waals surface area contributed by atoms with Crippen molar-refractivity contribution in [1.29, 1.82) is 5.26 Å². The largest absolute Gasteiger partial charge is 0.390 e. The summed E-state index contributed by atoms with van der Waals surface area (Å²) in [7, 11) is 0. The molecular weight excluding hydrogens is 501 g/mol. The molecule has 3 heterocycles. The van der Waals surface area contributed by atoms with Gasteiger partial charge in [-0.2, -0.15) is 15.0 Å². The number of aromatic nitrogens is 4. The quantitative estimate of drug-likeness (QED) is 0.362. The highest BCUT2D eigenvalue weighted by molar-refractivity contribution is 5.99. The lowest BCUT2D eigenvalue weighted by Crippen LogP contribution is -2.62. The van der Waals surface area contributed by atoms with E-state index >= 15 is 0 Å². The summed E-state index contributed by atoms with van der Waals surface area (Å²) < 4.78 is 15.9. The Morgan fingerprint density at radius 1 is 1.23 bits per heavy atom. The molecule has 4 saturated carbocycles. The van der Waals surface area contributed by atoms with E-state index in [1.165, 1.54) is 26.2 Å². The standard InChI is InChI=1S/C28H32FN7O3/c1-26(2,38)22(29)14-33-25(37)20-13-31-23(36-24-19(12-34-36)4-18(10-30)11-32-24)5-21(20)35-27-6-16-3-17(7-27)9-28(39,8-16)15-27/h4-5,11-13,16-17,22,38-39H,3,6-9,14-15H2,1-2H3,(H,31,35)(H,33,37)/t16-,17?,22?,27?,28?/m0/s1. The summed E-state index contributed by atoms with van der Waals surface area (Å²) in [5.74, 6) is 0.753. The number of alkyl halides is 1. The SMILES string of the molecule is CC(C)(O)C(F)CNC(=O)c1cnc(-n2ncc3cc(C#N)cnc32)cc1NC12CC3C[C@H](CC(O)(C3)C1)C2. The zero-order valence-corrected chi connectivity index (χ0v) is 22.0. The summed E-state index contributed by atoms with van der Waals surface area (Å²) in [6.45, 7) is 2.35. The van der Waals surface area contributed by atoms with Crippen LogP contribution in [0, 0.1) is 23.2 Å². The second-order valence-electron chi connectivity index (χ2n) is 12.3. The van der Waals surface area contributed by atoms with E-state index in [1.807, 2.05) is 0 Å². The van der Waals surface area contributed by atoms with Crippen LogP contribution in [0.3, 0.4) is 0 Å². The summed E-state index contributed by atoms with van der Waals surface area (Å²) in [5, 5.41) is 41.7. The Kier molecular flexibility index (Phi) is 5.89. The molecule has 4 unspecified atom stereocenters. The van der Waals surface area contributed by atoms with Crippen LogP contribution in [0.2, 0.25) is 0 Å². The van der Waals surface area contributed by atoms with Crippen LogP contribution in [0.4, 0.5) is 10.1 Å². The second kappa shape index (κ2) is 8.96. The van der Waals surface area contributed by atoms with E-state index in [9.17, 15) is 24.7 Å². The van der Waals surface area contributed by atoms with Gasteiger partial charge < -0.3 is 20.8 Å². The monoisotopic (exact) mass is 533 g/mol. The van der Waals surface area contributed by atoms with Gasteiger partial charge in [-0.3, -0.25) is 4.79 Å². The van der Waals surface area contributed by atoms with E-state index in [1.54, 1.807) is 23.0 Å². The van der Waals surface area contributed by atoms with Gasteiger partial charge in [0.2, 0.25) is 0 Å². The molecule has 3 aromatic heterocycles. The lowest BCUT2D eigenvalue weighted by molar-refractivity contribution is -0.127. The number of hydrogen-bond acceptors (Lipinski definition) is 8. The summed E-state index contributed by atoms with van der Waals surface area (Å²) in [6.07, 6.45) is 7.99. The minimum absolute atomic E-state index is 0.237. The maximum Gasteiger partial charge on any atom is 0.255 e. The fraction of sp³-hybridized carbons (Fsp3) is 0.536. The van der Waals surface area contributed by atoms with Crippen LogP contribution >= 0.6 is 0 Å². The predicted octanol–water partition coefficient (Wildman–Crippen LogP) is 3.02. The molecule has 0 aliphatic heterocycles. The Bertz CT molecular complexity index is 1480. The number of rotatable bonds is 7. The van der Waals surface area contributed by atoms with Gasteiger partial charge in [0.25, 0.3) is 5.91 Å². The maximum absolute atomic E-state index is 14.4. The van der Waals surface area contributed by atoms with Crippen LogP contribution in [0.5, 0.6) is 0 Å². The van der Waals surface area contributed by atoms with Crippen LogP contribution in [-0.4, -0.2) is 65.3 Å². The summed E-state index contributed by atoms with van der Waals surface area (Å²) in [4.78, 5) is 22.1. The Morgan fingerprint density at radius 2 is 1.97 bits per heavy atom. The minimum Gasteiger partial charge on any atom is -0.390 e. The fourth-order valence-electron chi connectivity index (χ4n) is 7.17. The third kappa shape index (κ3) is 4.72. The normalized spacial score (nSPS) is 28.3. The van der Waals surface area contributed by atoms with Crippen molar-refractivity contribution in [2.24, 2.45) is 11.8 Å². The molecule has 0 saturated heterocycles. The van der Waals surface area contributed by atoms with E-state index in [0.717, 1.165) is 32.1 Å². The van der Waals surface area contributed by atoms with E-state index in [0.29, 0.717) is 46.4 Å². The van der Waals surface area contributed by atoms with Crippen LogP contribution in [0.25, 0.3) is 16.9 Å². The van der Waals surface area contributed by atoms with Gasteiger partial charge in [-0.15, -0.1) is 0 Å². The molecule has 4 N–H and O–H groups in total. The number of nitrogens with zero attached hydrogens (tertiary/aromatic N) is 5. The molecule has 10 nitrogen and oxygen atoms in total. The molecular formula is C28H32FN7O3. The number of carbonyl (C=O) groups excluding carboxylic acids is 1. The topological polar surface area (TPSA) is 149 Å². The zero-order chi connectivity index (χ0) is 27.6. The number of amides is 1. The van der Waals surface area contributed by atoms with E-state index in [4.69, 9.17) is 0 Å². The molecule has 4 fully saturated rings. The number of pyridine rings is 2. The van der Waals surface area contributed by atoms with Gasteiger partial charge in [0.15, 0.2) is 11.5 Å². The molecule has 4 bridgehead atoms. The fourth-order valence-corrected chi connectivity index (χ4v) is 7.17. The van der Waals surface area contributed by atoms with Crippen molar-refractivity contribution < 1.29 is 19.4 Å². The number of fused-ring (bicyclic) bond motifs is 1. The van der Waals surface area contributed by atoms with E-state index < -0.39 is 23.3 Å². The maximum atomic E-state index is 14.4. The van der Waals surface area contributed by atoms with Crippen LogP contribution in [0.15, 0.2) is 30.7 Å². The smallest absolute Gasteiger partial charge is 0.255 e. The first kappa shape index (κ1) is 25.6. The third-order valence-electron chi connectivity index (χ3n) is 8.53. The summed E-state index contributed by atoms with van der Waals surface area (Å²) in [6, 6.07) is 5.49. The molecule has 0 aromatic carbocycles. The summed E-state index contributed by atoms with van der Waals surface area (Å²) >= 11 is 0. The number of halogens is 1. The van der Waals surface area contributed by atoms with Gasteiger partial charge in [0.1, 0.15) is 12.2 Å². The molecule has 0 spiro atoms. The van der Waals surface area contributed by atoms with Crippen molar-refractivity contribution in [1.82, 2.24) is 25.1 Å². The zero-order valence-electron chi connectivity index (χ0n) is 22.0. The van der Waals surface area contributed by atoms with E-state index in [2.05, 4.69) is 31.8 Å². The van der Waals surface area contributed by atoms with Crippen LogP contribution in [0.1, 0.15) is 68.3 Å². The molecule has 5 atom stereocenters. The van der Waals surface area contributed by atoms with Crippen molar-refractivity contribution in [3.8, 4) is 11.9 Å². The van der Waals surface area contributed by atoms with Crippen LogP contribution in [-0.2, 0) is 0 Å². The van der Waals surface area contributed by atoms with E-state index in [-0.39, 0.29) is 17.6 Å². The predicted molar refractivity (Wildman–Crippen MR) is 141 cm³/mol. The molecule has 4 aliphatic carbocycles. The first-order chi connectivity index (χ1) is 18.5. The Labute approximate surface area is 225 Å². The van der Waals surface area contributed by atoms with Gasteiger partial charge in [-0.1, -0.05) is 0 Å². The molecule has 1 amide bonds. The average molecular weight is 534 g/mol. The van der Waals surface area contributed by atoms with Gasteiger partial charge in [-0.05, 0) is 70.3 Å². The van der Waals surface area contributed by atoms with Crippen molar-refractivity contribution in [2.45, 2.75) is 75.3 Å². The Hall–Kier alpha value is -3.62. The number of anilines is 1. The molecule has 0 radical (unpaired) electrons. The second-order valence-corrected chi connectivity index (χ2v) is 12.3. The van der Waals surface area contributed by atoms with Crippen molar-refractivity contribution >= 4 is 22.6 Å². The van der Waals surface area contributed by atoms with Crippen LogP contribution < -0.4 is 10.6 Å². The van der Waals surface area contributed by atoms with Gasteiger partial charge in [0, 0.05) is 29.4 Å². The molecule has 39 heavy (non-hydrogen) atoms. The Balaban J connectivity index is 1.37. The number of nitriles is 1. The highest BCUT2D eigenvalue weighted by atomic mass is 19.1. The molecule has 7 rings (SSSR count). The highest BCUT2D eigenvalue weighted by Crippen LogP contribution is 2.58. The average Bonchev–Trinajstić information content (AvgIpc) is 3.28. The Morgan fingerprint density at radius 3 is 2.64 bits per heavy atom. The number of nitrogens with one attached hydrogen (secondary N) is 2. The molecule has 204 valence electrons. The molecule has 4 aliphatic rings. The number of carbonyl (C=O) groups is 1. The van der Waals surface area contributed by atoms with Crippen molar-refractivity contribution in [3.63, 3.8) is 0 Å². The number of aliphatic hydroxyl groups is 2. The highest BCUT2D eigenvalue weighted by Gasteiger charge is 2.57. The summed E-state index contributed by atoms with van der Waals surface area (Å²) in [5.41, 5.74) is -0.983. The third-order valence-corrected chi connectivity index (χ3v) is 8.53. The van der Waals surface area contributed by atoms with Gasteiger partial charge in [0.05, 0.1) is 40.8 Å². The molecule has 3 aromatic rings. The first-order valence-electron chi connectivity index (χ1n) is 13.4. The molecule has 11 heteroatoms.